The van der Waals surface area contributed by atoms with E-state index in [4.69, 9.17) is 19.2 Å². The molecule has 33 heavy (non-hydrogen) atoms. The number of carbonyl (C=O) groups excluding carboxylic acids is 1. The van der Waals surface area contributed by atoms with Gasteiger partial charge in [-0.3, -0.25) is 0 Å². The molecule has 0 saturated heterocycles. The molecule has 0 radical (unpaired) electrons. The number of carbonyl (C=O) groups is 1. The Hall–Kier alpha value is -3.12. The summed E-state index contributed by atoms with van der Waals surface area (Å²) >= 11 is 0. The normalized spacial score (nSPS) is 18.1. The number of amides is 1. The lowest BCUT2D eigenvalue weighted by atomic mass is 9.93. The van der Waals surface area contributed by atoms with Crippen LogP contribution in [-0.2, 0) is 22.7 Å². The van der Waals surface area contributed by atoms with Gasteiger partial charge in [0.25, 0.3) is 0 Å². The molecule has 4 rings (SSSR count). The summed E-state index contributed by atoms with van der Waals surface area (Å²) in [5.74, 6) is 0.866. The number of rotatable bonds is 8. The Labute approximate surface area is 195 Å². The van der Waals surface area contributed by atoms with Gasteiger partial charge in [-0.25, -0.2) is 9.78 Å². The van der Waals surface area contributed by atoms with Crippen LogP contribution in [0.3, 0.4) is 0 Å². The zero-order chi connectivity index (χ0) is 23.0. The second kappa shape index (κ2) is 11.1. The largest absolute Gasteiger partial charge is 0.488 e. The molecule has 0 spiro atoms. The quantitative estimate of drug-likeness (QED) is 0.479. The first-order valence-corrected chi connectivity index (χ1v) is 11.7. The second-order valence-electron chi connectivity index (χ2n) is 8.45. The molecular weight excluding hydrogens is 416 g/mol. The molecule has 1 N–H and O–H groups in total. The van der Waals surface area contributed by atoms with Crippen LogP contribution in [0, 0.1) is 6.92 Å². The minimum Gasteiger partial charge on any atom is -0.488 e. The van der Waals surface area contributed by atoms with Gasteiger partial charge in [-0.05, 0) is 57.2 Å². The van der Waals surface area contributed by atoms with E-state index in [0.717, 1.165) is 59.2 Å². The van der Waals surface area contributed by atoms with Gasteiger partial charge in [-0.15, -0.1) is 0 Å². The summed E-state index contributed by atoms with van der Waals surface area (Å²) in [6.07, 6.45) is 3.41. The van der Waals surface area contributed by atoms with Crippen molar-refractivity contribution in [3.63, 3.8) is 0 Å². The van der Waals surface area contributed by atoms with Crippen molar-refractivity contribution in [2.45, 2.75) is 64.9 Å². The molecule has 1 aliphatic rings. The number of fused-ring (bicyclic) bond motifs is 1. The van der Waals surface area contributed by atoms with Gasteiger partial charge in [0, 0.05) is 17.0 Å². The van der Waals surface area contributed by atoms with Gasteiger partial charge in [-0.2, -0.15) is 0 Å². The van der Waals surface area contributed by atoms with E-state index >= 15 is 0 Å². The molecule has 6 heteroatoms. The van der Waals surface area contributed by atoms with Crippen LogP contribution in [-0.4, -0.2) is 29.8 Å². The standard InChI is InChI=1S/C27H32N2O4/c1-3-31-27(30)28-21-13-15-22(16-14-21)32-18-25-19(2)26(23-11-7-8-12-24(23)29-25)33-17-20-9-5-4-6-10-20/h4-12,21-22H,3,13-18H2,1-2H3,(H,28,30). The van der Waals surface area contributed by atoms with E-state index in [9.17, 15) is 4.79 Å². The topological polar surface area (TPSA) is 69.7 Å². The number of para-hydroxylation sites is 1. The Bertz CT molecular complexity index is 1060. The third kappa shape index (κ3) is 6.02. The average Bonchev–Trinajstić information content (AvgIpc) is 2.84. The highest BCUT2D eigenvalue weighted by molar-refractivity contribution is 5.86. The van der Waals surface area contributed by atoms with Crippen molar-refractivity contribution in [3.8, 4) is 5.75 Å². The lowest BCUT2D eigenvalue weighted by molar-refractivity contribution is 0.00940. The molecule has 174 valence electrons. The van der Waals surface area contributed by atoms with E-state index < -0.39 is 0 Å². The van der Waals surface area contributed by atoms with Crippen LogP contribution in [0.4, 0.5) is 4.79 Å². The molecule has 1 fully saturated rings. The lowest BCUT2D eigenvalue weighted by Gasteiger charge is -2.29. The van der Waals surface area contributed by atoms with E-state index in [2.05, 4.69) is 30.4 Å². The first kappa shape index (κ1) is 23.1. The Morgan fingerprint density at radius 3 is 2.48 bits per heavy atom. The maximum absolute atomic E-state index is 11.6. The van der Waals surface area contributed by atoms with Crippen LogP contribution in [0.2, 0.25) is 0 Å². The van der Waals surface area contributed by atoms with Crippen molar-refractivity contribution in [2.24, 2.45) is 0 Å². The molecule has 1 aliphatic carbocycles. The lowest BCUT2D eigenvalue weighted by Crippen LogP contribution is -2.39. The van der Waals surface area contributed by atoms with Crippen LogP contribution in [0.25, 0.3) is 10.9 Å². The molecule has 1 heterocycles. The summed E-state index contributed by atoms with van der Waals surface area (Å²) in [6.45, 7) is 5.20. The summed E-state index contributed by atoms with van der Waals surface area (Å²) in [5.41, 5.74) is 3.96. The Balaban J connectivity index is 1.41. The predicted molar refractivity (Wildman–Crippen MR) is 128 cm³/mol. The third-order valence-corrected chi connectivity index (χ3v) is 6.13. The Morgan fingerprint density at radius 2 is 1.73 bits per heavy atom. The van der Waals surface area contributed by atoms with Crippen LogP contribution in [0.15, 0.2) is 54.6 Å². The van der Waals surface area contributed by atoms with Crippen LogP contribution in [0.5, 0.6) is 5.75 Å². The van der Waals surface area contributed by atoms with Crippen LogP contribution >= 0.6 is 0 Å². The van der Waals surface area contributed by atoms with Gasteiger partial charge >= 0.3 is 6.09 Å². The van der Waals surface area contributed by atoms with Crippen LogP contribution < -0.4 is 10.1 Å². The molecule has 1 amide bonds. The highest BCUT2D eigenvalue weighted by Crippen LogP contribution is 2.32. The van der Waals surface area contributed by atoms with E-state index in [1.807, 2.05) is 43.3 Å². The van der Waals surface area contributed by atoms with Gasteiger partial charge < -0.3 is 19.5 Å². The van der Waals surface area contributed by atoms with Gasteiger partial charge in [0.05, 0.1) is 30.5 Å². The number of ether oxygens (including phenoxy) is 3. The Morgan fingerprint density at radius 1 is 1.00 bits per heavy atom. The SMILES string of the molecule is CCOC(=O)NC1CCC(OCc2nc3ccccc3c(OCc3ccccc3)c2C)CC1. The fourth-order valence-corrected chi connectivity index (χ4v) is 4.29. The first-order valence-electron chi connectivity index (χ1n) is 11.7. The smallest absolute Gasteiger partial charge is 0.407 e. The fraction of sp³-hybridized carbons (Fsp3) is 0.407. The monoisotopic (exact) mass is 448 g/mol. The third-order valence-electron chi connectivity index (χ3n) is 6.13. The van der Waals surface area contributed by atoms with E-state index in [-0.39, 0.29) is 18.2 Å². The number of pyridine rings is 1. The predicted octanol–water partition coefficient (Wildman–Crippen LogP) is 5.70. The maximum atomic E-state index is 11.6. The molecular formula is C27H32N2O4. The van der Waals surface area contributed by atoms with Crippen LogP contribution in [0.1, 0.15) is 49.4 Å². The number of benzene rings is 2. The molecule has 0 unspecified atom stereocenters. The molecule has 0 aliphatic heterocycles. The van der Waals surface area contributed by atoms with Gasteiger partial charge in [0.15, 0.2) is 0 Å². The zero-order valence-corrected chi connectivity index (χ0v) is 19.4. The molecule has 1 aromatic heterocycles. The van der Waals surface area contributed by atoms with Gasteiger partial charge in [0.2, 0.25) is 0 Å². The summed E-state index contributed by atoms with van der Waals surface area (Å²) < 4.78 is 17.5. The molecule has 1 saturated carbocycles. The number of hydrogen-bond acceptors (Lipinski definition) is 5. The number of nitrogens with one attached hydrogen (secondary N) is 1. The highest BCUT2D eigenvalue weighted by atomic mass is 16.5. The minimum atomic E-state index is -0.333. The molecule has 2 aromatic carbocycles. The van der Waals surface area contributed by atoms with E-state index in [0.29, 0.717) is 19.8 Å². The van der Waals surface area contributed by atoms with Crippen molar-refractivity contribution in [3.05, 3.63) is 71.4 Å². The van der Waals surface area contributed by atoms with E-state index in [1.54, 1.807) is 0 Å². The minimum absolute atomic E-state index is 0.155. The van der Waals surface area contributed by atoms with Crippen molar-refractivity contribution in [1.82, 2.24) is 10.3 Å². The Kier molecular flexibility index (Phi) is 7.79. The zero-order valence-electron chi connectivity index (χ0n) is 19.4. The summed E-state index contributed by atoms with van der Waals surface area (Å²) in [4.78, 5) is 16.5. The first-order chi connectivity index (χ1) is 16.1. The second-order valence-corrected chi connectivity index (χ2v) is 8.45. The summed E-state index contributed by atoms with van der Waals surface area (Å²) in [7, 11) is 0. The van der Waals surface area contributed by atoms with Crippen molar-refractivity contribution in [2.75, 3.05) is 6.61 Å². The van der Waals surface area contributed by atoms with Gasteiger partial charge in [0.1, 0.15) is 12.4 Å². The number of nitrogens with zero attached hydrogens (tertiary/aromatic N) is 1. The van der Waals surface area contributed by atoms with Gasteiger partial charge in [-0.1, -0.05) is 42.5 Å². The fourth-order valence-electron chi connectivity index (χ4n) is 4.29. The maximum Gasteiger partial charge on any atom is 0.407 e. The van der Waals surface area contributed by atoms with Crippen molar-refractivity contribution >= 4 is 17.0 Å². The average molecular weight is 449 g/mol. The number of alkyl carbamates (subject to hydrolysis) is 1. The van der Waals surface area contributed by atoms with Crippen molar-refractivity contribution < 1.29 is 19.0 Å². The molecule has 6 nitrogen and oxygen atoms in total. The summed E-state index contributed by atoms with van der Waals surface area (Å²) in [6, 6.07) is 18.4. The van der Waals surface area contributed by atoms with Crippen molar-refractivity contribution in [1.29, 1.82) is 0 Å². The number of aromatic nitrogens is 1. The van der Waals surface area contributed by atoms with E-state index in [1.165, 1.54) is 0 Å². The number of hydrogen-bond donors (Lipinski definition) is 1. The summed E-state index contributed by atoms with van der Waals surface area (Å²) in [5, 5.41) is 3.95. The highest BCUT2D eigenvalue weighted by Gasteiger charge is 2.24. The molecule has 0 bridgehead atoms. The molecule has 3 aromatic rings. The molecule has 0 atom stereocenters.